The van der Waals surface area contributed by atoms with E-state index >= 15 is 0 Å². The molecule has 1 aromatic rings. The van der Waals surface area contributed by atoms with Gasteiger partial charge in [0.1, 0.15) is 5.75 Å². The maximum Gasteiger partial charge on any atom is 0.222 e. The van der Waals surface area contributed by atoms with Gasteiger partial charge in [0.2, 0.25) is 5.91 Å². The molecule has 0 spiro atoms. The lowest BCUT2D eigenvalue weighted by Crippen LogP contribution is -2.42. The van der Waals surface area contributed by atoms with Crippen LogP contribution in [0.15, 0.2) is 29.2 Å². The first-order chi connectivity index (χ1) is 11.8. The average molecular weight is 368 g/mol. The van der Waals surface area contributed by atoms with Crippen LogP contribution in [0.2, 0.25) is 0 Å². The number of nitrogens with zero attached hydrogens (tertiary/aromatic N) is 1. The molecule has 0 saturated carbocycles. The van der Waals surface area contributed by atoms with E-state index in [1.807, 2.05) is 11.8 Å². The minimum absolute atomic E-state index is 0.166. The molecule has 1 aromatic carbocycles. The number of likely N-dealkylation sites (tertiary alicyclic amines) is 1. The first-order valence-corrected chi connectivity index (χ1v) is 10.6. The quantitative estimate of drug-likeness (QED) is 0.742. The van der Waals surface area contributed by atoms with Gasteiger partial charge in [0.15, 0.2) is 9.84 Å². The van der Waals surface area contributed by atoms with Gasteiger partial charge in [-0.15, -0.1) is 0 Å². The molecule has 0 radical (unpaired) electrons. The Kier molecular flexibility index (Phi) is 6.84. The summed E-state index contributed by atoms with van der Waals surface area (Å²) >= 11 is 0. The number of nitrogens with two attached hydrogens (primary N) is 1. The molecule has 1 aliphatic heterocycles. The molecule has 6 nitrogen and oxygen atoms in total. The standard InChI is InChI=1S/C18H28N2O4S/c1-14(19)15-9-11-20(12-10-15)18(21)4-3-13-24-16-5-7-17(8-6-16)25(2,22)23/h5-8,14-15H,3-4,9-13,19H2,1-2H3. The third-order valence-electron chi connectivity index (χ3n) is 4.69. The van der Waals surface area contributed by atoms with E-state index in [0.29, 0.717) is 31.1 Å². The predicted octanol–water partition coefficient (Wildman–Crippen LogP) is 1.83. The van der Waals surface area contributed by atoms with Crippen LogP contribution in [0.25, 0.3) is 0 Å². The second-order valence-corrected chi connectivity index (χ2v) is 8.79. The smallest absolute Gasteiger partial charge is 0.222 e. The number of carbonyl (C=O) groups excluding carboxylic acids is 1. The van der Waals surface area contributed by atoms with Gasteiger partial charge < -0.3 is 15.4 Å². The van der Waals surface area contributed by atoms with Gasteiger partial charge in [-0.25, -0.2) is 8.42 Å². The molecule has 140 valence electrons. The highest BCUT2D eigenvalue weighted by Crippen LogP contribution is 2.20. The molecule has 1 amide bonds. The zero-order chi connectivity index (χ0) is 18.4. The van der Waals surface area contributed by atoms with Gasteiger partial charge >= 0.3 is 0 Å². The van der Waals surface area contributed by atoms with Gasteiger partial charge in [-0.2, -0.15) is 0 Å². The molecule has 1 unspecified atom stereocenters. The van der Waals surface area contributed by atoms with Gasteiger partial charge in [0, 0.05) is 31.8 Å². The minimum Gasteiger partial charge on any atom is -0.494 e. The summed E-state index contributed by atoms with van der Waals surface area (Å²) in [7, 11) is -3.19. The maximum atomic E-state index is 12.2. The lowest BCUT2D eigenvalue weighted by Gasteiger charge is -2.33. The topological polar surface area (TPSA) is 89.7 Å². The lowest BCUT2D eigenvalue weighted by molar-refractivity contribution is -0.132. The molecule has 1 atom stereocenters. The average Bonchev–Trinajstić information content (AvgIpc) is 2.58. The van der Waals surface area contributed by atoms with Gasteiger partial charge in [0.25, 0.3) is 0 Å². The minimum atomic E-state index is -3.19. The summed E-state index contributed by atoms with van der Waals surface area (Å²) in [5, 5.41) is 0. The number of amides is 1. The summed E-state index contributed by atoms with van der Waals surface area (Å²) in [6.07, 6.45) is 4.23. The summed E-state index contributed by atoms with van der Waals surface area (Å²) in [6.45, 7) is 4.04. The zero-order valence-electron chi connectivity index (χ0n) is 15.0. The number of carbonyl (C=O) groups is 1. The van der Waals surface area contributed by atoms with E-state index in [-0.39, 0.29) is 16.8 Å². The number of rotatable bonds is 7. The molecule has 0 bridgehead atoms. The maximum absolute atomic E-state index is 12.2. The third-order valence-corrected chi connectivity index (χ3v) is 5.82. The van der Waals surface area contributed by atoms with Gasteiger partial charge in [-0.1, -0.05) is 0 Å². The van der Waals surface area contributed by atoms with E-state index in [1.165, 1.54) is 18.4 Å². The van der Waals surface area contributed by atoms with Crippen molar-refractivity contribution in [1.82, 2.24) is 4.90 Å². The summed E-state index contributed by atoms with van der Waals surface area (Å²) in [6, 6.07) is 6.52. The molecule has 2 N–H and O–H groups in total. The SMILES string of the molecule is CC(N)C1CCN(C(=O)CCCOc2ccc(S(C)(=O)=O)cc2)CC1. The van der Waals surface area contributed by atoms with E-state index in [1.54, 1.807) is 12.1 Å². The van der Waals surface area contributed by atoms with Crippen LogP contribution in [0.1, 0.15) is 32.6 Å². The van der Waals surface area contributed by atoms with Crippen molar-refractivity contribution in [3.8, 4) is 5.75 Å². The highest BCUT2D eigenvalue weighted by molar-refractivity contribution is 7.90. The van der Waals surface area contributed by atoms with Crippen molar-refractivity contribution in [2.45, 2.75) is 43.5 Å². The van der Waals surface area contributed by atoms with E-state index in [0.717, 1.165) is 25.9 Å². The Morgan fingerprint density at radius 3 is 2.40 bits per heavy atom. The molecule has 0 aromatic heterocycles. The van der Waals surface area contributed by atoms with E-state index in [9.17, 15) is 13.2 Å². The summed E-state index contributed by atoms with van der Waals surface area (Å²) in [5.41, 5.74) is 5.92. The van der Waals surface area contributed by atoms with Crippen LogP contribution in [0.4, 0.5) is 0 Å². The summed E-state index contributed by atoms with van der Waals surface area (Å²) in [4.78, 5) is 14.4. The number of piperidine rings is 1. The molecule has 7 heteroatoms. The zero-order valence-corrected chi connectivity index (χ0v) is 15.8. The van der Waals surface area contributed by atoms with Crippen molar-refractivity contribution in [3.63, 3.8) is 0 Å². The fourth-order valence-corrected chi connectivity index (χ4v) is 3.66. The largest absolute Gasteiger partial charge is 0.494 e. The Morgan fingerprint density at radius 2 is 1.88 bits per heavy atom. The highest BCUT2D eigenvalue weighted by atomic mass is 32.2. The van der Waals surface area contributed by atoms with Crippen molar-refractivity contribution in [3.05, 3.63) is 24.3 Å². The van der Waals surface area contributed by atoms with Crippen LogP contribution in [0, 0.1) is 5.92 Å². The molecule has 1 saturated heterocycles. The Morgan fingerprint density at radius 1 is 1.28 bits per heavy atom. The third kappa shape index (κ3) is 6.01. The fraction of sp³-hybridized carbons (Fsp3) is 0.611. The second kappa shape index (κ2) is 8.67. The van der Waals surface area contributed by atoms with E-state index in [2.05, 4.69) is 0 Å². The monoisotopic (exact) mass is 368 g/mol. The molecule has 2 rings (SSSR count). The second-order valence-electron chi connectivity index (χ2n) is 6.77. The first-order valence-electron chi connectivity index (χ1n) is 8.73. The molecular formula is C18H28N2O4S. The predicted molar refractivity (Wildman–Crippen MR) is 97.2 cm³/mol. The van der Waals surface area contributed by atoms with Crippen molar-refractivity contribution < 1.29 is 17.9 Å². The van der Waals surface area contributed by atoms with Crippen LogP contribution < -0.4 is 10.5 Å². The molecule has 1 fully saturated rings. The van der Waals surface area contributed by atoms with Crippen LogP contribution >= 0.6 is 0 Å². The molecule has 1 aliphatic rings. The Bertz CT molecular complexity index is 663. The number of benzene rings is 1. The number of hydrogen-bond donors (Lipinski definition) is 1. The first kappa shape index (κ1) is 19.7. The van der Waals surface area contributed by atoms with Crippen molar-refractivity contribution >= 4 is 15.7 Å². The molecule has 25 heavy (non-hydrogen) atoms. The number of sulfone groups is 1. The van der Waals surface area contributed by atoms with Gasteiger partial charge in [-0.05, 0) is 56.4 Å². The molecular weight excluding hydrogens is 340 g/mol. The Hall–Kier alpha value is -1.60. The van der Waals surface area contributed by atoms with Crippen LogP contribution in [-0.4, -0.2) is 51.2 Å². The highest BCUT2D eigenvalue weighted by Gasteiger charge is 2.24. The Labute approximate surface area is 150 Å². The number of ether oxygens (including phenoxy) is 1. The molecule has 0 aliphatic carbocycles. The van der Waals surface area contributed by atoms with Gasteiger partial charge in [0.05, 0.1) is 11.5 Å². The van der Waals surface area contributed by atoms with E-state index in [4.69, 9.17) is 10.5 Å². The van der Waals surface area contributed by atoms with Crippen LogP contribution in [0.5, 0.6) is 5.75 Å². The van der Waals surface area contributed by atoms with Crippen molar-refractivity contribution in [1.29, 1.82) is 0 Å². The fourth-order valence-electron chi connectivity index (χ4n) is 3.03. The lowest BCUT2D eigenvalue weighted by atomic mass is 9.91. The van der Waals surface area contributed by atoms with E-state index < -0.39 is 9.84 Å². The normalized spacial score (nSPS) is 17.3. The summed E-state index contributed by atoms with van der Waals surface area (Å²) in [5.74, 6) is 1.29. The summed E-state index contributed by atoms with van der Waals surface area (Å²) < 4.78 is 28.4. The van der Waals surface area contributed by atoms with Crippen LogP contribution in [-0.2, 0) is 14.6 Å². The van der Waals surface area contributed by atoms with Gasteiger partial charge in [-0.3, -0.25) is 4.79 Å². The molecule has 1 heterocycles. The number of hydrogen-bond acceptors (Lipinski definition) is 5. The van der Waals surface area contributed by atoms with Crippen molar-refractivity contribution in [2.24, 2.45) is 11.7 Å². The Balaban J connectivity index is 1.68. The van der Waals surface area contributed by atoms with Crippen molar-refractivity contribution in [2.75, 3.05) is 26.0 Å². The van der Waals surface area contributed by atoms with Crippen LogP contribution in [0.3, 0.4) is 0 Å².